The fraction of sp³-hybridized carbons (Fsp3) is 0.111. The first-order chi connectivity index (χ1) is 12.5. The van der Waals surface area contributed by atoms with Gasteiger partial charge < -0.3 is 4.74 Å². The van der Waals surface area contributed by atoms with E-state index in [0.717, 1.165) is 5.03 Å². The van der Waals surface area contributed by atoms with E-state index in [9.17, 15) is 8.42 Å². The predicted molar refractivity (Wildman–Crippen MR) is 101 cm³/mol. The van der Waals surface area contributed by atoms with E-state index < -0.39 is 10.0 Å². The van der Waals surface area contributed by atoms with Crippen molar-refractivity contribution in [2.45, 2.75) is 21.9 Å². The third-order valence-corrected chi connectivity index (χ3v) is 5.93. The molecule has 0 atom stereocenters. The topological polar surface area (TPSA) is 81.2 Å². The molecule has 2 heterocycles. The van der Waals surface area contributed by atoms with Crippen molar-refractivity contribution in [2.24, 2.45) is 0 Å². The maximum Gasteiger partial charge on any atom is 0.262 e. The van der Waals surface area contributed by atoms with Crippen molar-refractivity contribution in [2.75, 3.05) is 11.8 Å². The molecule has 3 aromatic rings. The minimum atomic E-state index is -3.72. The van der Waals surface area contributed by atoms with Crippen LogP contribution in [0.2, 0.25) is 0 Å². The highest BCUT2D eigenvalue weighted by Gasteiger charge is 2.18. The van der Waals surface area contributed by atoms with Crippen LogP contribution in [-0.2, 0) is 10.0 Å². The molecule has 3 rings (SSSR count). The summed E-state index contributed by atoms with van der Waals surface area (Å²) >= 11 is 1.36. The van der Waals surface area contributed by atoms with Crippen LogP contribution in [-0.4, -0.2) is 25.5 Å². The van der Waals surface area contributed by atoms with Gasteiger partial charge in [-0.2, -0.15) is 0 Å². The van der Waals surface area contributed by atoms with Crippen LogP contribution < -0.4 is 9.46 Å². The van der Waals surface area contributed by atoms with Gasteiger partial charge in [0.1, 0.15) is 15.8 Å². The second-order valence-corrected chi connectivity index (χ2v) is 8.08. The highest BCUT2D eigenvalue weighted by Crippen LogP contribution is 2.27. The van der Waals surface area contributed by atoms with E-state index in [1.54, 1.807) is 50.7 Å². The van der Waals surface area contributed by atoms with Crippen molar-refractivity contribution in [3.05, 3.63) is 66.5 Å². The zero-order chi connectivity index (χ0) is 18.6. The van der Waals surface area contributed by atoms with E-state index in [2.05, 4.69) is 14.7 Å². The minimum Gasteiger partial charge on any atom is -0.497 e. The Balaban J connectivity index is 1.83. The monoisotopic (exact) mass is 387 g/mol. The lowest BCUT2D eigenvalue weighted by Gasteiger charge is -2.12. The summed E-state index contributed by atoms with van der Waals surface area (Å²) < 4.78 is 33.1. The molecule has 6 nitrogen and oxygen atoms in total. The summed E-state index contributed by atoms with van der Waals surface area (Å²) in [6.07, 6.45) is 3.26. The Labute approximate surface area is 156 Å². The molecule has 0 amide bonds. The van der Waals surface area contributed by atoms with Gasteiger partial charge in [-0.3, -0.25) is 4.72 Å². The van der Waals surface area contributed by atoms with Crippen molar-refractivity contribution >= 4 is 27.5 Å². The smallest absolute Gasteiger partial charge is 0.262 e. The SMILES string of the molecule is COc1ccc(S(=O)(=O)Nc2ccnc(Sc3ccccn3)c2)c(C)c1. The second-order valence-electron chi connectivity index (χ2n) is 5.39. The molecule has 1 N–H and O–H groups in total. The van der Waals surface area contributed by atoms with E-state index in [4.69, 9.17) is 4.74 Å². The number of aryl methyl sites for hydroxylation is 1. The van der Waals surface area contributed by atoms with Gasteiger partial charge in [0.15, 0.2) is 0 Å². The number of rotatable bonds is 6. The highest BCUT2D eigenvalue weighted by molar-refractivity contribution is 7.99. The van der Waals surface area contributed by atoms with Crippen LogP contribution >= 0.6 is 11.8 Å². The number of sulfonamides is 1. The molecule has 0 aliphatic carbocycles. The Kier molecular flexibility index (Phi) is 5.43. The fourth-order valence-electron chi connectivity index (χ4n) is 2.30. The van der Waals surface area contributed by atoms with Crippen LogP contribution in [0.1, 0.15) is 5.56 Å². The quantitative estimate of drug-likeness (QED) is 0.694. The summed E-state index contributed by atoms with van der Waals surface area (Å²) in [5.41, 5.74) is 1.04. The zero-order valence-corrected chi connectivity index (χ0v) is 15.8. The number of hydrogen-bond donors (Lipinski definition) is 1. The summed E-state index contributed by atoms with van der Waals surface area (Å²) in [5, 5.41) is 1.43. The number of benzene rings is 1. The first kappa shape index (κ1) is 18.2. The summed E-state index contributed by atoms with van der Waals surface area (Å²) in [6.45, 7) is 1.73. The normalized spacial score (nSPS) is 11.2. The van der Waals surface area contributed by atoms with Crippen LogP contribution in [0, 0.1) is 6.92 Å². The van der Waals surface area contributed by atoms with Gasteiger partial charge in [0.2, 0.25) is 0 Å². The first-order valence-corrected chi connectivity index (χ1v) is 10.0. The first-order valence-electron chi connectivity index (χ1n) is 7.70. The van der Waals surface area contributed by atoms with Crippen molar-refractivity contribution in [3.63, 3.8) is 0 Å². The number of ether oxygens (including phenoxy) is 1. The molecule has 0 fully saturated rings. The number of aromatic nitrogens is 2. The van der Waals surface area contributed by atoms with Gasteiger partial charge >= 0.3 is 0 Å². The van der Waals surface area contributed by atoms with Crippen LogP contribution in [0.5, 0.6) is 5.75 Å². The number of nitrogens with zero attached hydrogens (tertiary/aromatic N) is 2. The maximum atomic E-state index is 12.7. The Bertz CT molecular complexity index is 1010. The van der Waals surface area contributed by atoms with Crippen LogP contribution in [0.3, 0.4) is 0 Å². The Morgan fingerprint density at radius 2 is 1.81 bits per heavy atom. The molecule has 26 heavy (non-hydrogen) atoms. The third kappa shape index (κ3) is 4.33. The molecule has 0 bridgehead atoms. The number of pyridine rings is 2. The highest BCUT2D eigenvalue weighted by atomic mass is 32.2. The molecule has 0 unspecified atom stereocenters. The molecule has 0 spiro atoms. The molecule has 0 saturated heterocycles. The molecule has 8 heteroatoms. The average molecular weight is 387 g/mol. The van der Waals surface area contributed by atoms with Gasteiger partial charge in [-0.15, -0.1) is 0 Å². The lowest BCUT2D eigenvalue weighted by molar-refractivity contribution is 0.414. The van der Waals surface area contributed by atoms with Crippen LogP contribution in [0.25, 0.3) is 0 Å². The lowest BCUT2D eigenvalue weighted by Crippen LogP contribution is -2.14. The van der Waals surface area contributed by atoms with Crippen molar-refractivity contribution in [3.8, 4) is 5.75 Å². The molecular formula is C18H17N3O3S2. The summed E-state index contributed by atoms with van der Waals surface area (Å²) in [6, 6.07) is 13.7. The summed E-state index contributed by atoms with van der Waals surface area (Å²) in [5.74, 6) is 0.611. The molecule has 0 saturated carbocycles. The minimum absolute atomic E-state index is 0.203. The average Bonchev–Trinajstić information content (AvgIpc) is 2.62. The van der Waals surface area contributed by atoms with E-state index >= 15 is 0 Å². The van der Waals surface area contributed by atoms with Gasteiger partial charge in [-0.1, -0.05) is 17.8 Å². The van der Waals surface area contributed by atoms with Gasteiger partial charge in [-0.05, 0) is 55.0 Å². The molecule has 134 valence electrons. The van der Waals surface area contributed by atoms with E-state index in [-0.39, 0.29) is 4.90 Å². The number of nitrogens with one attached hydrogen (secondary N) is 1. The summed E-state index contributed by atoms with van der Waals surface area (Å²) in [4.78, 5) is 8.68. The van der Waals surface area contributed by atoms with Gasteiger partial charge in [-0.25, -0.2) is 18.4 Å². The van der Waals surface area contributed by atoms with Gasteiger partial charge in [0.25, 0.3) is 10.0 Å². The third-order valence-electron chi connectivity index (χ3n) is 3.51. The number of hydrogen-bond acceptors (Lipinski definition) is 6. The zero-order valence-electron chi connectivity index (χ0n) is 14.2. The molecule has 0 radical (unpaired) electrons. The van der Waals surface area contributed by atoms with Crippen molar-refractivity contribution in [1.29, 1.82) is 0 Å². The molecule has 2 aromatic heterocycles. The Morgan fingerprint density at radius 3 is 2.50 bits per heavy atom. The number of methoxy groups -OCH3 is 1. The van der Waals surface area contributed by atoms with E-state index in [1.165, 1.54) is 17.8 Å². The van der Waals surface area contributed by atoms with Crippen LogP contribution in [0.4, 0.5) is 5.69 Å². The lowest BCUT2D eigenvalue weighted by atomic mass is 10.2. The molecule has 1 aromatic carbocycles. The predicted octanol–water partition coefficient (Wildman–Crippen LogP) is 3.75. The fourth-order valence-corrected chi connectivity index (χ4v) is 4.35. The molecule has 0 aliphatic rings. The molecule has 0 aliphatic heterocycles. The summed E-state index contributed by atoms with van der Waals surface area (Å²) in [7, 11) is -2.18. The Morgan fingerprint density at radius 1 is 1.00 bits per heavy atom. The van der Waals surface area contributed by atoms with Crippen molar-refractivity contribution in [1.82, 2.24) is 9.97 Å². The standard InChI is InChI=1S/C18H17N3O3S2/c1-13-11-15(24-2)6-7-16(13)26(22,23)21-14-8-10-20-18(12-14)25-17-5-3-4-9-19-17/h3-12H,1-2H3,(H,20,21). The molecular weight excluding hydrogens is 370 g/mol. The van der Waals surface area contributed by atoms with Gasteiger partial charge in [0.05, 0.1) is 17.7 Å². The van der Waals surface area contributed by atoms with Crippen LogP contribution in [0.15, 0.2) is 75.9 Å². The largest absolute Gasteiger partial charge is 0.497 e. The maximum absolute atomic E-state index is 12.7. The van der Waals surface area contributed by atoms with Crippen molar-refractivity contribution < 1.29 is 13.2 Å². The second kappa shape index (κ2) is 7.76. The number of anilines is 1. The Hall–Kier alpha value is -2.58. The van der Waals surface area contributed by atoms with E-state index in [1.807, 2.05) is 18.2 Å². The van der Waals surface area contributed by atoms with E-state index in [0.29, 0.717) is 22.0 Å². The van der Waals surface area contributed by atoms with Gasteiger partial charge in [0, 0.05) is 12.4 Å².